The molecule has 0 bridgehead atoms. The monoisotopic (exact) mass is 478 g/mol. The third-order valence-corrected chi connectivity index (χ3v) is 5.68. The van der Waals surface area contributed by atoms with Crippen LogP contribution in [0.25, 0.3) is 11.4 Å². The van der Waals surface area contributed by atoms with Crippen LogP contribution in [0.2, 0.25) is 0 Å². The van der Waals surface area contributed by atoms with Gasteiger partial charge in [-0.2, -0.15) is 10.2 Å². The Morgan fingerprint density at radius 1 is 0.639 bits per heavy atom. The summed E-state index contributed by atoms with van der Waals surface area (Å²) in [6.07, 6.45) is 6.05. The van der Waals surface area contributed by atoms with Crippen molar-refractivity contribution < 1.29 is 14.4 Å². The first-order valence-electron chi connectivity index (χ1n) is 11.6. The Labute approximate surface area is 209 Å². The molecule has 36 heavy (non-hydrogen) atoms. The Bertz CT molecular complexity index is 1390. The number of nitrogens with zero attached hydrogens (tertiary/aromatic N) is 4. The summed E-state index contributed by atoms with van der Waals surface area (Å²) < 4.78 is 2.94. The Kier molecular flexibility index (Phi) is 7.01. The SMILES string of the molecule is CC=CC(=O)c1c(C)nn(-c2ccccc2)c1C(=O)c1c(C(=O)C=CC)c(C)nn1-c1ccccc1. The van der Waals surface area contributed by atoms with E-state index in [-0.39, 0.29) is 34.1 Å². The van der Waals surface area contributed by atoms with Gasteiger partial charge >= 0.3 is 0 Å². The van der Waals surface area contributed by atoms with Gasteiger partial charge in [0.2, 0.25) is 5.78 Å². The zero-order valence-corrected chi connectivity index (χ0v) is 20.6. The molecule has 0 aliphatic rings. The maximum absolute atomic E-state index is 14.4. The van der Waals surface area contributed by atoms with E-state index < -0.39 is 5.78 Å². The number of carbonyl (C=O) groups excluding carboxylic acids is 3. The highest BCUT2D eigenvalue weighted by atomic mass is 16.1. The Morgan fingerprint density at radius 3 is 1.33 bits per heavy atom. The van der Waals surface area contributed by atoms with Gasteiger partial charge in [-0.1, -0.05) is 48.6 Å². The molecule has 0 atom stereocenters. The maximum Gasteiger partial charge on any atom is 0.231 e. The number of allylic oxidation sites excluding steroid dienone is 4. The first-order valence-corrected chi connectivity index (χ1v) is 11.6. The fraction of sp³-hybridized carbons (Fsp3) is 0.138. The van der Waals surface area contributed by atoms with Crippen molar-refractivity contribution in [2.24, 2.45) is 0 Å². The van der Waals surface area contributed by atoms with Crippen molar-refractivity contribution in [1.29, 1.82) is 0 Å². The highest BCUT2D eigenvalue weighted by Crippen LogP contribution is 2.28. The van der Waals surface area contributed by atoms with Gasteiger partial charge in [0.25, 0.3) is 0 Å². The molecule has 0 aliphatic carbocycles. The molecule has 4 aromatic rings. The minimum absolute atomic E-state index is 0.0772. The highest BCUT2D eigenvalue weighted by molar-refractivity contribution is 6.21. The van der Waals surface area contributed by atoms with E-state index in [2.05, 4.69) is 10.2 Å². The number of aryl methyl sites for hydroxylation is 2. The third-order valence-electron chi connectivity index (χ3n) is 5.68. The molecule has 7 nitrogen and oxygen atoms in total. The quantitative estimate of drug-likeness (QED) is 0.249. The third kappa shape index (κ3) is 4.38. The smallest absolute Gasteiger partial charge is 0.231 e. The number of carbonyl (C=O) groups is 3. The molecule has 0 radical (unpaired) electrons. The normalized spacial score (nSPS) is 11.4. The predicted molar refractivity (Wildman–Crippen MR) is 138 cm³/mol. The van der Waals surface area contributed by atoms with E-state index in [1.807, 2.05) is 36.4 Å². The van der Waals surface area contributed by atoms with Crippen LogP contribution in [0.5, 0.6) is 0 Å². The van der Waals surface area contributed by atoms with E-state index in [4.69, 9.17) is 0 Å². The second-order valence-electron chi connectivity index (χ2n) is 8.17. The van der Waals surface area contributed by atoms with Crippen LogP contribution in [0.4, 0.5) is 0 Å². The van der Waals surface area contributed by atoms with Crippen LogP contribution in [0.3, 0.4) is 0 Å². The van der Waals surface area contributed by atoms with E-state index in [0.717, 1.165) is 0 Å². The number of hydrogen-bond acceptors (Lipinski definition) is 5. The maximum atomic E-state index is 14.4. The fourth-order valence-electron chi connectivity index (χ4n) is 4.16. The van der Waals surface area contributed by atoms with Gasteiger partial charge in [0.15, 0.2) is 11.6 Å². The number of benzene rings is 2. The molecule has 180 valence electrons. The number of para-hydroxylation sites is 2. The molecule has 7 heteroatoms. The molecule has 2 heterocycles. The molecule has 0 fully saturated rings. The van der Waals surface area contributed by atoms with E-state index >= 15 is 0 Å². The predicted octanol–water partition coefficient (Wildman–Crippen LogP) is 5.42. The average Bonchev–Trinajstić information content (AvgIpc) is 3.42. The van der Waals surface area contributed by atoms with Gasteiger partial charge in [0.1, 0.15) is 11.4 Å². The van der Waals surface area contributed by atoms with Crippen molar-refractivity contribution >= 4 is 17.3 Å². The highest BCUT2D eigenvalue weighted by Gasteiger charge is 2.33. The van der Waals surface area contributed by atoms with Crippen LogP contribution >= 0.6 is 0 Å². The van der Waals surface area contributed by atoms with Gasteiger partial charge in [-0.25, -0.2) is 9.36 Å². The molecule has 0 spiro atoms. The van der Waals surface area contributed by atoms with Gasteiger partial charge in [0, 0.05) is 0 Å². The summed E-state index contributed by atoms with van der Waals surface area (Å²) in [6, 6.07) is 18.2. The van der Waals surface area contributed by atoms with E-state index in [1.54, 1.807) is 64.1 Å². The van der Waals surface area contributed by atoms with Crippen LogP contribution in [0, 0.1) is 13.8 Å². The number of ketones is 3. The zero-order valence-electron chi connectivity index (χ0n) is 20.6. The van der Waals surface area contributed by atoms with Gasteiger partial charge in [-0.15, -0.1) is 0 Å². The first kappa shape index (κ1) is 24.5. The summed E-state index contributed by atoms with van der Waals surface area (Å²) in [7, 11) is 0. The summed E-state index contributed by atoms with van der Waals surface area (Å²) in [4.78, 5) is 40.8. The molecule has 0 saturated carbocycles. The largest absolute Gasteiger partial charge is 0.289 e. The van der Waals surface area contributed by atoms with Crippen LogP contribution < -0.4 is 0 Å². The molecular weight excluding hydrogens is 452 g/mol. The average molecular weight is 479 g/mol. The lowest BCUT2D eigenvalue weighted by atomic mass is 9.98. The lowest BCUT2D eigenvalue weighted by molar-refractivity contribution is 0.0988. The van der Waals surface area contributed by atoms with Gasteiger partial charge in [0.05, 0.1) is 33.9 Å². The van der Waals surface area contributed by atoms with E-state index in [1.165, 1.54) is 21.5 Å². The Hall–Kier alpha value is -4.65. The van der Waals surface area contributed by atoms with Crippen LogP contribution in [0.15, 0.2) is 85.0 Å². The molecule has 0 aliphatic heterocycles. The molecule has 4 rings (SSSR count). The minimum Gasteiger partial charge on any atom is -0.289 e. The fourth-order valence-corrected chi connectivity index (χ4v) is 4.16. The number of aromatic nitrogens is 4. The van der Waals surface area contributed by atoms with Gasteiger partial charge in [-0.05, 0) is 64.1 Å². The van der Waals surface area contributed by atoms with Crippen LogP contribution in [-0.2, 0) is 0 Å². The molecule has 0 saturated heterocycles. The van der Waals surface area contributed by atoms with Crippen LogP contribution in [-0.4, -0.2) is 36.9 Å². The van der Waals surface area contributed by atoms with Crippen molar-refractivity contribution in [3.05, 3.63) is 119 Å². The summed E-state index contributed by atoms with van der Waals surface area (Å²) >= 11 is 0. The lowest BCUT2D eigenvalue weighted by Crippen LogP contribution is -2.19. The summed E-state index contributed by atoms with van der Waals surface area (Å²) in [5.74, 6) is -1.21. The molecular formula is C29H26N4O3. The second-order valence-corrected chi connectivity index (χ2v) is 8.17. The minimum atomic E-state index is -0.524. The second kappa shape index (κ2) is 10.3. The topological polar surface area (TPSA) is 86.8 Å². The first-order chi connectivity index (χ1) is 17.4. The molecule has 0 unspecified atom stereocenters. The lowest BCUT2D eigenvalue weighted by Gasteiger charge is -2.12. The van der Waals surface area contributed by atoms with Crippen molar-refractivity contribution in [3.8, 4) is 11.4 Å². The van der Waals surface area contributed by atoms with Crippen molar-refractivity contribution in [1.82, 2.24) is 19.6 Å². The molecule has 2 aromatic heterocycles. The van der Waals surface area contributed by atoms with E-state index in [9.17, 15) is 14.4 Å². The number of rotatable bonds is 8. The molecule has 0 N–H and O–H groups in total. The van der Waals surface area contributed by atoms with E-state index in [0.29, 0.717) is 22.8 Å². The summed E-state index contributed by atoms with van der Waals surface area (Å²) in [5, 5.41) is 9.13. The molecule has 0 amide bonds. The van der Waals surface area contributed by atoms with Gasteiger partial charge in [-0.3, -0.25) is 14.4 Å². The molecule has 2 aromatic carbocycles. The van der Waals surface area contributed by atoms with Crippen molar-refractivity contribution in [2.75, 3.05) is 0 Å². The summed E-state index contributed by atoms with van der Waals surface area (Å²) in [6.45, 7) is 6.85. The zero-order chi connectivity index (χ0) is 25.8. The summed E-state index contributed by atoms with van der Waals surface area (Å²) in [5.41, 5.74) is 2.58. The Morgan fingerprint density at radius 2 is 1.00 bits per heavy atom. The van der Waals surface area contributed by atoms with Gasteiger partial charge < -0.3 is 0 Å². The Balaban J connectivity index is 2.07. The van der Waals surface area contributed by atoms with Crippen LogP contribution in [0.1, 0.15) is 62.1 Å². The van der Waals surface area contributed by atoms with Crippen molar-refractivity contribution in [2.45, 2.75) is 27.7 Å². The number of hydrogen-bond donors (Lipinski definition) is 0. The standard InChI is InChI=1S/C29H26N4O3/c1-5-13-23(34)25-19(3)30-32(21-15-9-7-10-16-21)27(25)29(36)28-26(24(35)14-6-2)20(4)31-33(28)22-17-11-8-12-18-22/h5-18H,1-4H3. The van der Waals surface area contributed by atoms with Crippen molar-refractivity contribution in [3.63, 3.8) is 0 Å².